The van der Waals surface area contributed by atoms with Crippen molar-refractivity contribution >= 4 is 38.4 Å². The van der Waals surface area contributed by atoms with E-state index in [-0.39, 0.29) is 0 Å². The molecule has 0 aromatic heterocycles. The lowest BCUT2D eigenvalue weighted by Gasteiger charge is -2.20. The Kier molecular flexibility index (Phi) is 6.02. The Morgan fingerprint density at radius 2 is 0.925 bits per heavy atom. The van der Waals surface area contributed by atoms with E-state index in [1.54, 1.807) is 0 Å². The fraction of sp³-hybridized carbons (Fsp3) is 0.0500. The van der Waals surface area contributed by atoms with Crippen LogP contribution < -0.4 is 0 Å². The van der Waals surface area contributed by atoms with Crippen LogP contribution in [0.5, 0.6) is 0 Å². The average molecular weight is 511 g/mol. The van der Waals surface area contributed by atoms with E-state index < -0.39 is 0 Å². The van der Waals surface area contributed by atoms with E-state index in [2.05, 4.69) is 159 Å². The number of benzene rings is 7. The van der Waals surface area contributed by atoms with Gasteiger partial charge in [0.25, 0.3) is 0 Å². The molecule has 7 aromatic carbocycles. The molecule has 0 heteroatoms. The predicted molar refractivity (Wildman–Crippen MR) is 175 cm³/mol. The number of hydrogen-bond acceptors (Lipinski definition) is 0. The van der Waals surface area contributed by atoms with Crippen molar-refractivity contribution in [2.75, 3.05) is 0 Å². The van der Waals surface area contributed by atoms with E-state index in [0.717, 1.165) is 0 Å². The van der Waals surface area contributed by atoms with Gasteiger partial charge in [0.2, 0.25) is 0 Å². The van der Waals surface area contributed by atoms with Crippen LogP contribution in [-0.2, 0) is 0 Å². The van der Waals surface area contributed by atoms with Gasteiger partial charge in [-0.2, -0.15) is 0 Å². The van der Waals surface area contributed by atoms with Gasteiger partial charge in [0.1, 0.15) is 0 Å². The van der Waals surface area contributed by atoms with Gasteiger partial charge in [0, 0.05) is 0 Å². The zero-order valence-electron chi connectivity index (χ0n) is 22.9. The fourth-order valence-corrected chi connectivity index (χ4v) is 6.20. The van der Waals surface area contributed by atoms with Gasteiger partial charge in [-0.3, -0.25) is 0 Å². The molecule has 7 aromatic rings. The minimum absolute atomic E-state index is 1.25. The highest BCUT2D eigenvalue weighted by Crippen LogP contribution is 2.43. The molecule has 0 heterocycles. The van der Waals surface area contributed by atoms with Gasteiger partial charge in [-0.25, -0.2) is 0 Å². The van der Waals surface area contributed by atoms with Crippen LogP contribution in [0.25, 0.3) is 71.8 Å². The first-order chi connectivity index (χ1) is 19.7. The molecule has 0 fully saturated rings. The summed E-state index contributed by atoms with van der Waals surface area (Å²) in [5.41, 5.74) is 10.2. The third-order valence-electron chi connectivity index (χ3n) is 8.12. The SMILES string of the molecule is C/C=C\c1c(C)c(-c2ccc3cc(-c4ccccc4)ccc3c2)c2ccccc2c1-c1ccc2ccccc2c1. The van der Waals surface area contributed by atoms with Crippen molar-refractivity contribution in [3.63, 3.8) is 0 Å². The summed E-state index contributed by atoms with van der Waals surface area (Å²) in [7, 11) is 0. The molecule has 0 atom stereocenters. The molecule has 0 bridgehead atoms. The normalized spacial score (nSPS) is 11.7. The Balaban J connectivity index is 1.45. The molecule has 0 nitrogen and oxygen atoms in total. The third kappa shape index (κ3) is 4.10. The summed E-state index contributed by atoms with van der Waals surface area (Å²) in [6.07, 6.45) is 4.44. The van der Waals surface area contributed by atoms with E-state index in [1.807, 2.05) is 0 Å². The van der Waals surface area contributed by atoms with E-state index >= 15 is 0 Å². The highest BCUT2D eigenvalue weighted by molar-refractivity contribution is 6.11. The van der Waals surface area contributed by atoms with Crippen molar-refractivity contribution in [2.45, 2.75) is 13.8 Å². The topological polar surface area (TPSA) is 0 Å². The second-order valence-electron chi connectivity index (χ2n) is 10.5. The van der Waals surface area contributed by atoms with Crippen molar-refractivity contribution in [1.29, 1.82) is 0 Å². The Morgan fingerprint density at radius 1 is 0.425 bits per heavy atom. The summed E-state index contributed by atoms with van der Waals surface area (Å²) in [6.45, 7) is 4.39. The molecular formula is C40H30. The minimum Gasteiger partial charge on any atom is -0.0870 e. The molecule has 0 amide bonds. The minimum atomic E-state index is 1.25. The fourth-order valence-electron chi connectivity index (χ4n) is 6.20. The summed E-state index contributed by atoms with van der Waals surface area (Å²) in [5.74, 6) is 0. The average Bonchev–Trinajstić information content (AvgIpc) is 3.01. The van der Waals surface area contributed by atoms with Crippen LogP contribution in [0.15, 0.2) is 140 Å². The van der Waals surface area contributed by atoms with Gasteiger partial charge < -0.3 is 0 Å². The molecule has 40 heavy (non-hydrogen) atoms. The highest BCUT2D eigenvalue weighted by Gasteiger charge is 2.18. The van der Waals surface area contributed by atoms with Crippen LogP contribution in [0.3, 0.4) is 0 Å². The van der Waals surface area contributed by atoms with Gasteiger partial charge in [-0.05, 0) is 109 Å². The lowest BCUT2D eigenvalue weighted by molar-refractivity contribution is 1.46. The van der Waals surface area contributed by atoms with Crippen LogP contribution in [0, 0.1) is 6.92 Å². The van der Waals surface area contributed by atoms with Crippen molar-refractivity contribution in [1.82, 2.24) is 0 Å². The van der Waals surface area contributed by atoms with Crippen LogP contribution in [0.2, 0.25) is 0 Å². The molecule has 0 saturated heterocycles. The van der Waals surface area contributed by atoms with Crippen LogP contribution in [0.4, 0.5) is 0 Å². The van der Waals surface area contributed by atoms with Crippen LogP contribution in [0.1, 0.15) is 18.1 Å². The van der Waals surface area contributed by atoms with Gasteiger partial charge in [0.15, 0.2) is 0 Å². The first-order valence-electron chi connectivity index (χ1n) is 14.0. The number of hydrogen-bond donors (Lipinski definition) is 0. The molecule has 0 N–H and O–H groups in total. The van der Waals surface area contributed by atoms with E-state index in [0.29, 0.717) is 0 Å². The van der Waals surface area contributed by atoms with Crippen molar-refractivity contribution in [2.24, 2.45) is 0 Å². The lowest BCUT2D eigenvalue weighted by Crippen LogP contribution is -1.96. The summed E-state index contributed by atoms with van der Waals surface area (Å²) in [4.78, 5) is 0. The second-order valence-corrected chi connectivity index (χ2v) is 10.5. The molecule has 0 saturated carbocycles. The zero-order valence-corrected chi connectivity index (χ0v) is 22.9. The molecule has 0 aliphatic heterocycles. The number of rotatable bonds is 4. The molecule has 0 radical (unpaired) electrons. The predicted octanol–water partition coefficient (Wildman–Crippen LogP) is 11.5. The highest BCUT2D eigenvalue weighted by atomic mass is 14.2. The Labute approximate surface area is 235 Å². The second kappa shape index (κ2) is 9.98. The van der Waals surface area contributed by atoms with E-state index in [9.17, 15) is 0 Å². The maximum Gasteiger partial charge on any atom is -0.00296 e. The summed E-state index contributed by atoms with van der Waals surface area (Å²) < 4.78 is 0. The van der Waals surface area contributed by atoms with Crippen molar-refractivity contribution < 1.29 is 0 Å². The molecule has 0 unspecified atom stereocenters. The molecule has 0 spiro atoms. The molecule has 7 rings (SSSR count). The third-order valence-corrected chi connectivity index (χ3v) is 8.12. The number of fused-ring (bicyclic) bond motifs is 3. The van der Waals surface area contributed by atoms with E-state index in [4.69, 9.17) is 0 Å². The monoisotopic (exact) mass is 510 g/mol. The van der Waals surface area contributed by atoms with Gasteiger partial charge >= 0.3 is 0 Å². The first kappa shape index (κ1) is 24.1. The summed E-state index contributed by atoms with van der Waals surface area (Å²) in [5, 5.41) is 7.62. The maximum absolute atomic E-state index is 2.36. The Hall–Kier alpha value is -4.94. The summed E-state index contributed by atoms with van der Waals surface area (Å²) in [6, 6.07) is 48.7. The van der Waals surface area contributed by atoms with Gasteiger partial charge in [-0.15, -0.1) is 0 Å². The quantitative estimate of drug-likeness (QED) is 0.221. The van der Waals surface area contributed by atoms with E-state index in [1.165, 1.54) is 76.8 Å². The van der Waals surface area contributed by atoms with Gasteiger partial charge in [-0.1, -0.05) is 127 Å². The number of allylic oxidation sites excluding steroid dienone is 1. The Morgan fingerprint density at radius 3 is 1.62 bits per heavy atom. The molecule has 0 aliphatic carbocycles. The van der Waals surface area contributed by atoms with Crippen LogP contribution >= 0.6 is 0 Å². The Bertz CT molecular complexity index is 2060. The lowest BCUT2D eigenvalue weighted by atomic mass is 9.83. The van der Waals surface area contributed by atoms with Crippen molar-refractivity contribution in [3.05, 3.63) is 151 Å². The van der Waals surface area contributed by atoms with Crippen LogP contribution in [-0.4, -0.2) is 0 Å². The molecule has 0 aliphatic rings. The van der Waals surface area contributed by atoms with Gasteiger partial charge in [0.05, 0.1) is 0 Å². The molecule has 190 valence electrons. The zero-order chi connectivity index (χ0) is 27.1. The first-order valence-corrected chi connectivity index (χ1v) is 14.0. The largest absolute Gasteiger partial charge is 0.0870 e. The smallest absolute Gasteiger partial charge is 0.00296 e. The summed E-state index contributed by atoms with van der Waals surface area (Å²) >= 11 is 0. The molecular weight excluding hydrogens is 480 g/mol. The van der Waals surface area contributed by atoms with Crippen molar-refractivity contribution in [3.8, 4) is 33.4 Å². The standard InChI is InChI=1S/C40H30/c1-3-11-36-27(2)39(34-23-21-32-24-31(19-20-33(32)26-34)28-12-5-4-6-13-28)37-16-9-10-17-38(37)40(36)35-22-18-29-14-7-8-15-30(29)25-35/h3-26H,1-2H3/b11-3-. The maximum atomic E-state index is 2.36.